The van der Waals surface area contributed by atoms with Crippen molar-refractivity contribution >= 4 is 34.9 Å². The molecule has 3 amide bonds. The molecule has 0 saturated heterocycles. The van der Waals surface area contributed by atoms with Crippen LogP contribution >= 0.6 is 0 Å². The van der Waals surface area contributed by atoms with Gasteiger partial charge in [0.2, 0.25) is 5.95 Å². The van der Waals surface area contributed by atoms with Crippen LogP contribution in [0, 0.1) is 6.92 Å². The van der Waals surface area contributed by atoms with E-state index in [1.165, 1.54) is 19.2 Å². The van der Waals surface area contributed by atoms with Crippen LogP contribution in [-0.4, -0.2) is 56.1 Å². The van der Waals surface area contributed by atoms with Crippen LogP contribution in [0.15, 0.2) is 48.5 Å². The molecule has 0 saturated carbocycles. The van der Waals surface area contributed by atoms with Gasteiger partial charge in [-0.3, -0.25) is 24.8 Å². The maximum absolute atomic E-state index is 13.2. The number of fused-ring (bicyclic) bond motifs is 1. The van der Waals surface area contributed by atoms with Crippen molar-refractivity contribution in [2.45, 2.75) is 40.0 Å². The summed E-state index contributed by atoms with van der Waals surface area (Å²) >= 11 is 0. The average Bonchev–Trinajstić information content (AvgIpc) is 3.53. The molecule has 0 aliphatic heterocycles. The second-order valence-electron chi connectivity index (χ2n) is 8.86. The molecule has 0 fully saturated rings. The summed E-state index contributed by atoms with van der Waals surface area (Å²) in [5.74, 6) is -0.614. The fraction of sp³-hybridized carbons (Fsp3) is 0.296. The molecule has 13 nitrogen and oxygen atoms in total. The summed E-state index contributed by atoms with van der Waals surface area (Å²) in [6.07, 6.45) is -0.0868. The average molecular weight is 550 g/mol. The van der Waals surface area contributed by atoms with Gasteiger partial charge in [0.15, 0.2) is 0 Å². The Morgan fingerprint density at radius 2 is 1.85 bits per heavy atom. The van der Waals surface area contributed by atoms with Crippen molar-refractivity contribution in [3.63, 3.8) is 0 Å². The summed E-state index contributed by atoms with van der Waals surface area (Å²) < 4.78 is 14.1. The molecule has 40 heavy (non-hydrogen) atoms. The van der Waals surface area contributed by atoms with E-state index >= 15 is 0 Å². The molecule has 4 N–H and O–H groups in total. The first-order valence-corrected chi connectivity index (χ1v) is 12.7. The summed E-state index contributed by atoms with van der Waals surface area (Å²) in [7, 11) is 1.44. The highest BCUT2D eigenvalue weighted by Gasteiger charge is 2.22. The number of hydroxylamine groups is 1. The first kappa shape index (κ1) is 28.1. The predicted octanol–water partition coefficient (Wildman–Crippen LogP) is 3.26. The van der Waals surface area contributed by atoms with Gasteiger partial charge in [-0.2, -0.15) is 5.10 Å². The molecule has 0 unspecified atom stereocenters. The van der Waals surface area contributed by atoms with Gasteiger partial charge in [-0.1, -0.05) is 30.3 Å². The number of carbonyl (C=O) groups is 3. The summed E-state index contributed by atoms with van der Waals surface area (Å²) in [4.78, 5) is 42.0. The van der Waals surface area contributed by atoms with Crippen LogP contribution in [0.25, 0.3) is 11.0 Å². The van der Waals surface area contributed by atoms with Gasteiger partial charge in [0.25, 0.3) is 11.8 Å². The molecule has 2 heterocycles. The maximum atomic E-state index is 13.2. The van der Waals surface area contributed by atoms with Crippen LogP contribution < -0.4 is 20.9 Å². The highest BCUT2D eigenvalue weighted by molar-refractivity contribution is 6.04. The number of rotatable bonds is 11. The fourth-order valence-corrected chi connectivity index (χ4v) is 4.23. The number of alkyl carbamates (subject to hydrolysis) is 1. The molecule has 0 bridgehead atoms. The molecule has 2 aromatic heterocycles. The smallest absolute Gasteiger partial charge is 0.407 e. The lowest BCUT2D eigenvalue weighted by Crippen LogP contribution is -2.26. The number of aryl methyl sites for hydroxylation is 3. The number of amides is 3. The SMILES string of the molecule is CCn1nc(C)cc1C(=O)Nc1nc2cc(C(=O)NO)cc(OC)c2n1CCCNC(=O)OCc1ccccc1. The van der Waals surface area contributed by atoms with Crippen molar-refractivity contribution in [2.75, 3.05) is 19.0 Å². The zero-order valence-electron chi connectivity index (χ0n) is 22.4. The van der Waals surface area contributed by atoms with E-state index in [9.17, 15) is 14.4 Å². The van der Waals surface area contributed by atoms with Gasteiger partial charge in [-0.25, -0.2) is 15.3 Å². The molecular formula is C27H31N7O6. The molecule has 0 aliphatic carbocycles. The molecule has 0 atom stereocenters. The number of hydrogen-bond acceptors (Lipinski definition) is 8. The normalized spacial score (nSPS) is 10.8. The Balaban J connectivity index is 1.55. The number of nitrogens with one attached hydrogen (secondary N) is 3. The van der Waals surface area contributed by atoms with Crippen LogP contribution in [0.1, 0.15) is 45.4 Å². The summed E-state index contributed by atoms with van der Waals surface area (Å²) in [6, 6.07) is 14.0. The Hall–Kier alpha value is -4.91. The Kier molecular flexibility index (Phi) is 8.96. The molecule has 210 valence electrons. The molecule has 2 aromatic carbocycles. The Morgan fingerprint density at radius 1 is 1.07 bits per heavy atom. The lowest BCUT2D eigenvalue weighted by Gasteiger charge is -2.13. The highest BCUT2D eigenvalue weighted by Crippen LogP contribution is 2.31. The molecule has 13 heteroatoms. The largest absolute Gasteiger partial charge is 0.494 e. The van der Waals surface area contributed by atoms with Crippen molar-refractivity contribution < 1.29 is 29.1 Å². The van der Waals surface area contributed by atoms with E-state index in [1.807, 2.05) is 37.3 Å². The minimum absolute atomic E-state index is 0.122. The van der Waals surface area contributed by atoms with Gasteiger partial charge in [-0.05, 0) is 44.0 Å². The topological polar surface area (TPSA) is 162 Å². The predicted molar refractivity (Wildman–Crippen MR) is 145 cm³/mol. The zero-order valence-corrected chi connectivity index (χ0v) is 22.4. The highest BCUT2D eigenvalue weighted by atomic mass is 16.5. The lowest BCUT2D eigenvalue weighted by molar-refractivity contribution is 0.0706. The number of hydrogen-bond donors (Lipinski definition) is 4. The van der Waals surface area contributed by atoms with Crippen LogP contribution in [0.2, 0.25) is 0 Å². The van der Waals surface area contributed by atoms with E-state index in [-0.39, 0.29) is 24.7 Å². The standard InChI is InChI=1S/C27H31N7O6/c1-4-34-21(13-17(2)31-34)25(36)30-26-29-20-14-19(24(35)32-38)15-22(39-3)23(20)33(26)12-8-11-28-27(37)40-16-18-9-6-5-7-10-18/h5-7,9-10,13-15,38H,4,8,11-12,16H2,1-3H3,(H,28,37)(H,32,35)(H,29,30,36). The third-order valence-electron chi connectivity index (χ3n) is 6.09. The number of ether oxygens (including phenoxy) is 2. The number of carbonyl (C=O) groups excluding carboxylic acids is 3. The van der Waals surface area contributed by atoms with E-state index in [2.05, 4.69) is 20.7 Å². The van der Waals surface area contributed by atoms with E-state index in [1.54, 1.807) is 27.7 Å². The maximum Gasteiger partial charge on any atom is 0.407 e. The van der Waals surface area contributed by atoms with Crippen LogP contribution in [0.3, 0.4) is 0 Å². The second-order valence-corrected chi connectivity index (χ2v) is 8.86. The van der Waals surface area contributed by atoms with Crippen LogP contribution in [-0.2, 0) is 24.4 Å². The van der Waals surface area contributed by atoms with Crippen molar-refractivity contribution in [2.24, 2.45) is 0 Å². The number of aromatic nitrogens is 4. The molecule has 4 aromatic rings. The minimum Gasteiger partial charge on any atom is -0.494 e. The van der Waals surface area contributed by atoms with Crippen LogP contribution in [0.5, 0.6) is 5.75 Å². The number of imidazole rings is 1. The van der Waals surface area contributed by atoms with Crippen molar-refractivity contribution in [1.82, 2.24) is 30.1 Å². The zero-order chi connectivity index (χ0) is 28.6. The first-order valence-electron chi connectivity index (χ1n) is 12.7. The Morgan fingerprint density at radius 3 is 2.55 bits per heavy atom. The number of anilines is 1. The van der Waals surface area contributed by atoms with Gasteiger partial charge >= 0.3 is 6.09 Å². The minimum atomic E-state index is -0.735. The van der Waals surface area contributed by atoms with Crippen LogP contribution in [0.4, 0.5) is 10.7 Å². The first-order chi connectivity index (χ1) is 19.3. The Bertz CT molecular complexity index is 1510. The van der Waals surface area contributed by atoms with E-state index in [0.717, 1.165) is 5.56 Å². The van der Waals surface area contributed by atoms with Crippen molar-refractivity contribution in [3.8, 4) is 5.75 Å². The number of benzene rings is 2. The molecule has 0 radical (unpaired) electrons. The van der Waals surface area contributed by atoms with Gasteiger partial charge in [0, 0.05) is 25.2 Å². The van der Waals surface area contributed by atoms with E-state index < -0.39 is 17.9 Å². The molecule has 4 rings (SSSR count). The molecule has 0 aliphatic rings. The van der Waals surface area contributed by atoms with Crippen molar-refractivity contribution in [3.05, 3.63) is 71.0 Å². The lowest BCUT2D eigenvalue weighted by atomic mass is 10.1. The van der Waals surface area contributed by atoms with Gasteiger partial charge in [0.05, 0.1) is 18.3 Å². The number of methoxy groups -OCH3 is 1. The summed E-state index contributed by atoms with van der Waals surface area (Å²) in [5.41, 5.74) is 4.56. The van der Waals surface area contributed by atoms with Crippen molar-refractivity contribution in [1.29, 1.82) is 0 Å². The second kappa shape index (κ2) is 12.8. The summed E-state index contributed by atoms with van der Waals surface area (Å²) in [5, 5.41) is 19.0. The third kappa shape index (κ3) is 6.38. The number of nitrogens with zero attached hydrogens (tertiary/aromatic N) is 4. The summed E-state index contributed by atoms with van der Waals surface area (Å²) in [6.45, 7) is 4.97. The van der Waals surface area contributed by atoms with Gasteiger partial charge in [0.1, 0.15) is 23.6 Å². The van der Waals surface area contributed by atoms with Gasteiger partial charge in [-0.15, -0.1) is 0 Å². The molecule has 0 spiro atoms. The Labute approximate surface area is 230 Å². The van der Waals surface area contributed by atoms with E-state index in [0.29, 0.717) is 47.7 Å². The monoisotopic (exact) mass is 549 g/mol. The molecular weight excluding hydrogens is 518 g/mol. The quantitative estimate of drug-likeness (QED) is 0.126. The van der Waals surface area contributed by atoms with Gasteiger partial charge < -0.3 is 19.4 Å². The fourth-order valence-electron chi connectivity index (χ4n) is 4.23. The third-order valence-corrected chi connectivity index (χ3v) is 6.09. The van der Waals surface area contributed by atoms with E-state index in [4.69, 9.17) is 14.7 Å².